The average Bonchev–Trinajstić information content (AvgIpc) is 3.15. The van der Waals surface area contributed by atoms with Gasteiger partial charge in [0.1, 0.15) is 0 Å². The van der Waals surface area contributed by atoms with E-state index in [0.717, 1.165) is 6.42 Å². The Bertz CT molecular complexity index is 1020. The minimum atomic E-state index is 0. The van der Waals surface area contributed by atoms with Crippen molar-refractivity contribution in [1.82, 2.24) is 0 Å². The van der Waals surface area contributed by atoms with E-state index in [-0.39, 0.29) is 24.8 Å². The molecule has 0 bridgehead atoms. The van der Waals surface area contributed by atoms with Gasteiger partial charge < -0.3 is 24.8 Å². The molecule has 0 N–H and O–H groups in total. The van der Waals surface area contributed by atoms with E-state index in [1.807, 2.05) is 0 Å². The van der Waals surface area contributed by atoms with Gasteiger partial charge in [0.2, 0.25) is 0 Å². The van der Waals surface area contributed by atoms with Crippen molar-refractivity contribution in [3.63, 3.8) is 0 Å². The zero-order chi connectivity index (χ0) is 15.4. The molecule has 2 aliphatic carbocycles. The molecule has 3 aromatic carbocycles. The number of hydrogen-bond acceptors (Lipinski definition) is 0. The van der Waals surface area contributed by atoms with Crippen molar-refractivity contribution < 1.29 is 49.5 Å². The third kappa shape index (κ3) is 2.78. The van der Waals surface area contributed by atoms with Crippen LogP contribution in [0, 0.1) is 0 Å². The van der Waals surface area contributed by atoms with E-state index in [4.69, 9.17) is 0 Å². The van der Waals surface area contributed by atoms with Crippen LogP contribution in [-0.4, -0.2) is 0 Å². The van der Waals surface area contributed by atoms with E-state index in [0.29, 0.717) is 5.92 Å². The second-order valence-corrected chi connectivity index (χ2v) is 7.80. The maximum atomic E-state index is 2.36. The van der Waals surface area contributed by atoms with Gasteiger partial charge in [0.15, 0.2) is 0 Å². The zero-order valence-corrected chi connectivity index (χ0v) is 17.4. The topological polar surface area (TPSA) is 0 Å². The van der Waals surface area contributed by atoms with E-state index in [1.54, 1.807) is 28.0 Å². The molecule has 0 heterocycles. The third-order valence-corrected chi connectivity index (χ3v) is 6.30. The Hall–Kier alpha value is -1.14. The van der Waals surface area contributed by atoms with Gasteiger partial charge >= 0.3 is 152 Å². The van der Waals surface area contributed by atoms with Crippen LogP contribution in [0.15, 0.2) is 81.7 Å². The molecule has 2 aliphatic rings. The number of halogens is 2. The van der Waals surface area contributed by atoms with Crippen LogP contribution in [0.25, 0.3) is 21.9 Å². The number of allylic oxidation sites excluding steroid dienone is 4. The molecule has 0 spiro atoms. The Morgan fingerprint density at radius 2 is 1.56 bits per heavy atom. The van der Waals surface area contributed by atoms with Crippen molar-refractivity contribution in [3.05, 3.63) is 92.8 Å². The monoisotopic (exact) mass is 439 g/mol. The van der Waals surface area contributed by atoms with Gasteiger partial charge in [-0.25, -0.2) is 0 Å². The number of benzene rings is 3. The van der Waals surface area contributed by atoms with Gasteiger partial charge in [0.25, 0.3) is 0 Å². The van der Waals surface area contributed by atoms with E-state index < -0.39 is 0 Å². The SMILES string of the molecule is [Cl-].[Cl-].[Zr+2][C]1=C(C2c3ccccc3-c3c2ccc2ccccc32)C=CC1. The summed E-state index contributed by atoms with van der Waals surface area (Å²) in [6, 6.07) is 22.4. The Labute approximate surface area is 175 Å². The molecule has 3 aromatic rings. The first-order valence-electron chi connectivity index (χ1n) is 8.07. The summed E-state index contributed by atoms with van der Waals surface area (Å²) < 4.78 is 1.60. The molecule has 5 rings (SSSR count). The van der Waals surface area contributed by atoms with Gasteiger partial charge in [-0.1, -0.05) is 0 Å². The molecule has 0 radical (unpaired) electrons. The standard InChI is InChI=1S/C22H15.2ClH.Zr/c1-2-9-16(8-1)21-18-11-5-6-12-19(18)22-17-10-4-3-7-15(17)13-14-20(21)22;;;/h1,3-8,10-14,21H,2H2;2*1H;/q;;;+2/p-2. The van der Waals surface area contributed by atoms with Crippen LogP contribution < -0.4 is 24.8 Å². The van der Waals surface area contributed by atoms with Gasteiger partial charge in [-0.2, -0.15) is 0 Å². The first kappa shape index (κ1) is 18.6. The third-order valence-electron chi connectivity index (χ3n) is 5.09. The number of rotatable bonds is 1. The van der Waals surface area contributed by atoms with Crippen LogP contribution in [0.1, 0.15) is 23.5 Å². The quantitative estimate of drug-likeness (QED) is 0.488. The van der Waals surface area contributed by atoms with Crippen molar-refractivity contribution >= 4 is 10.8 Å². The molecule has 1 unspecified atom stereocenters. The van der Waals surface area contributed by atoms with Crippen LogP contribution in [0.5, 0.6) is 0 Å². The van der Waals surface area contributed by atoms with Crippen molar-refractivity contribution in [2.75, 3.05) is 0 Å². The zero-order valence-electron chi connectivity index (χ0n) is 13.5. The van der Waals surface area contributed by atoms with Gasteiger partial charge in [0.05, 0.1) is 0 Å². The predicted octanol–water partition coefficient (Wildman–Crippen LogP) is -0.279. The van der Waals surface area contributed by atoms with Crippen LogP contribution in [0.3, 0.4) is 0 Å². The van der Waals surface area contributed by atoms with Crippen molar-refractivity contribution in [3.8, 4) is 11.1 Å². The van der Waals surface area contributed by atoms with Crippen molar-refractivity contribution in [2.24, 2.45) is 0 Å². The second-order valence-electron chi connectivity index (χ2n) is 6.31. The summed E-state index contributed by atoms with van der Waals surface area (Å²) in [7, 11) is 0. The van der Waals surface area contributed by atoms with Crippen LogP contribution >= 0.6 is 0 Å². The number of fused-ring (bicyclic) bond motifs is 5. The van der Waals surface area contributed by atoms with E-state index >= 15 is 0 Å². The fourth-order valence-corrected chi connectivity index (χ4v) is 4.95. The molecule has 0 saturated heterocycles. The van der Waals surface area contributed by atoms with Gasteiger partial charge in [-0.3, -0.25) is 0 Å². The second kappa shape index (κ2) is 7.24. The summed E-state index contributed by atoms with van der Waals surface area (Å²) in [5.41, 5.74) is 7.34. The Morgan fingerprint density at radius 1 is 0.800 bits per heavy atom. The molecule has 0 amide bonds. The molecular formula is C22H15Cl2Zr. The average molecular weight is 441 g/mol. The molecule has 3 heteroatoms. The van der Waals surface area contributed by atoms with Crippen LogP contribution in [0.2, 0.25) is 0 Å². The molecule has 121 valence electrons. The molecule has 0 aromatic heterocycles. The Kier molecular flexibility index (Phi) is 5.40. The summed E-state index contributed by atoms with van der Waals surface area (Å²) >= 11 is 1.55. The van der Waals surface area contributed by atoms with E-state index in [1.165, 1.54) is 38.6 Å². The normalized spacial score (nSPS) is 17.1. The minimum absolute atomic E-state index is 0. The molecule has 0 aliphatic heterocycles. The van der Waals surface area contributed by atoms with E-state index in [2.05, 4.69) is 72.8 Å². The molecule has 0 fully saturated rings. The summed E-state index contributed by atoms with van der Waals surface area (Å²) in [5, 5.41) is 2.72. The summed E-state index contributed by atoms with van der Waals surface area (Å²) in [4.78, 5) is 0. The summed E-state index contributed by atoms with van der Waals surface area (Å²) in [5.74, 6) is 0.416. The molecular weight excluding hydrogens is 426 g/mol. The Balaban J connectivity index is 0.000000911. The van der Waals surface area contributed by atoms with Crippen LogP contribution in [-0.2, 0) is 24.7 Å². The van der Waals surface area contributed by atoms with E-state index in [9.17, 15) is 0 Å². The Morgan fingerprint density at radius 3 is 2.36 bits per heavy atom. The van der Waals surface area contributed by atoms with Crippen LogP contribution in [0.4, 0.5) is 0 Å². The summed E-state index contributed by atoms with van der Waals surface area (Å²) in [6.07, 6.45) is 5.81. The first-order chi connectivity index (χ1) is 11.3. The molecule has 0 nitrogen and oxygen atoms in total. The molecule has 0 saturated carbocycles. The van der Waals surface area contributed by atoms with Gasteiger partial charge in [-0.05, 0) is 0 Å². The van der Waals surface area contributed by atoms with Crippen molar-refractivity contribution in [1.29, 1.82) is 0 Å². The molecule has 25 heavy (non-hydrogen) atoms. The first-order valence-corrected chi connectivity index (χ1v) is 9.29. The van der Waals surface area contributed by atoms with Gasteiger partial charge in [-0.15, -0.1) is 0 Å². The maximum absolute atomic E-state index is 2.36. The molecule has 1 atom stereocenters. The predicted molar refractivity (Wildman–Crippen MR) is 92.0 cm³/mol. The fraction of sp³-hybridized carbons (Fsp3) is 0.0909. The van der Waals surface area contributed by atoms with Gasteiger partial charge in [0, 0.05) is 0 Å². The van der Waals surface area contributed by atoms with Crippen molar-refractivity contribution in [2.45, 2.75) is 12.3 Å². The fourth-order valence-electron chi connectivity index (χ4n) is 4.10. The summed E-state index contributed by atoms with van der Waals surface area (Å²) in [6.45, 7) is 0. The number of hydrogen-bond donors (Lipinski definition) is 0.